The number of rotatable bonds is 4. The van der Waals surface area contributed by atoms with E-state index in [4.69, 9.17) is 14.6 Å². The van der Waals surface area contributed by atoms with Crippen LogP contribution in [-0.4, -0.2) is 36.7 Å². The third-order valence-corrected chi connectivity index (χ3v) is 1.56. The van der Waals surface area contributed by atoms with Gasteiger partial charge < -0.3 is 15.2 Å². The number of carbonyl (C=O) groups excluding carboxylic acids is 1. The second kappa shape index (κ2) is 7.22. The number of hydrogen-bond acceptors (Lipinski definition) is 3. The first-order valence-electron chi connectivity index (χ1n) is 5.05. The molecule has 0 saturated heterocycles. The lowest BCUT2D eigenvalue weighted by atomic mass is 9.95. The largest absolute Gasteiger partial charge is 0.481 e. The molecular weight excluding hydrogens is 210 g/mol. The molecule has 96 valence electrons. The molecule has 0 heterocycles. The highest BCUT2D eigenvalue weighted by Crippen LogP contribution is 2.19. The lowest BCUT2D eigenvalue weighted by molar-refractivity contribution is -0.153. The Morgan fingerprint density at radius 1 is 1.31 bits per heavy atom. The van der Waals surface area contributed by atoms with Gasteiger partial charge in [0.15, 0.2) is 0 Å². The van der Waals surface area contributed by atoms with E-state index in [-0.39, 0.29) is 12.2 Å². The van der Waals surface area contributed by atoms with Gasteiger partial charge in [0.05, 0.1) is 17.6 Å². The molecule has 0 radical (unpaired) electrons. The Labute approximate surface area is 97.2 Å². The number of aliphatic carboxylic acids is 1. The number of nitrogens with one attached hydrogen (secondary N) is 1. The Hall–Kier alpha value is -1.10. The molecule has 1 amide bonds. The van der Waals surface area contributed by atoms with Crippen molar-refractivity contribution in [2.24, 2.45) is 5.41 Å². The van der Waals surface area contributed by atoms with Gasteiger partial charge in [0.2, 0.25) is 6.41 Å². The van der Waals surface area contributed by atoms with Crippen LogP contribution in [0.15, 0.2) is 0 Å². The van der Waals surface area contributed by atoms with Gasteiger partial charge >= 0.3 is 5.97 Å². The second-order valence-corrected chi connectivity index (χ2v) is 5.00. The lowest BCUT2D eigenvalue weighted by Crippen LogP contribution is -2.33. The molecule has 0 spiro atoms. The maximum absolute atomic E-state index is 10.7. The van der Waals surface area contributed by atoms with Crippen LogP contribution in [0.1, 0.15) is 34.6 Å². The molecule has 16 heavy (non-hydrogen) atoms. The van der Waals surface area contributed by atoms with Crippen LogP contribution in [0, 0.1) is 5.41 Å². The molecule has 0 rings (SSSR count). The summed E-state index contributed by atoms with van der Waals surface area (Å²) in [7, 11) is 1.56. The Balaban J connectivity index is 0. The zero-order valence-corrected chi connectivity index (χ0v) is 11.0. The number of carbonyl (C=O) groups is 2. The molecule has 5 nitrogen and oxygen atoms in total. The van der Waals surface area contributed by atoms with Crippen molar-refractivity contribution >= 4 is 12.4 Å². The normalized spacial score (nSPS) is 11.1. The van der Waals surface area contributed by atoms with Crippen LogP contribution in [0.4, 0.5) is 0 Å². The maximum Gasteiger partial charge on any atom is 0.311 e. The van der Waals surface area contributed by atoms with E-state index in [9.17, 15) is 4.79 Å². The fourth-order valence-corrected chi connectivity index (χ4v) is 0.459. The van der Waals surface area contributed by atoms with Crippen molar-refractivity contribution in [2.75, 3.05) is 13.7 Å². The molecule has 0 aliphatic rings. The molecule has 0 aromatic rings. The fraction of sp³-hybridized carbons (Fsp3) is 0.818. The Morgan fingerprint density at radius 3 is 1.88 bits per heavy atom. The first-order chi connectivity index (χ1) is 7.06. The van der Waals surface area contributed by atoms with Gasteiger partial charge in [-0.15, -0.1) is 0 Å². The van der Waals surface area contributed by atoms with Crippen molar-refractivity contribution in [1.29, 1.82) is 0 Å². The molecule has 0 aliphatic carbocycles. The van der Waals surface area contributed by atoms with Crippen LogP contribution < -0.4 is 5.32 Å². The van der Waals surface area contributed by atoms with Gasteiger partial charge in [0.1, 0.15) is 0 Å². The van der Waals surface area contributed by atoms with E-state index in [2.05, 4.69) is 5.32 Å². The second-order valence-electron chi connectivity index (χ2n) is 5.00. The van der Waals surface area contributed by atoms with Gasteiger partial charge in [0.25, 0.3) is 0 Å². The summed E-state index contributed by atoms with van der Waals surface area (Å²) < 4.78 is 5.37. The Kier molecular flexibility index (Phi) is 7.81. The third kappa shape index (κ3) is 11.0. The van der Waals surface area contributed by atoms with Crippen molar-refractivity contribution in [1.82, 2.24) is 5.32 Å². The van der Waals surface area contributed by atoms with Crippen LogP contribution in [0.3, 0.4) is 0 Å². The molecule has 0 unspecified atom stereocenters. The molecule has 0 bridgehead atoms. The zero-order chi connectivity index (χ0) is 13.4. The number of ether oxygens (including phenoxy) is 1. The van der Waals surface area contributed by atoms with E-state index in [1.807, 2.05) is 20.8 Å². The van der Waals surface area contributed by atoms with E-state index in [0.29, 0.717) is 6.41 Å². The van der Waals surface area contributed by atoms with Crippen molar-refractivity contribution in [2.45, 2.75) is 40.2 Å². The summed E-state index contributed by atoms with van der Waals surface area (Å²) in [5.74, 6) is -0.827. The van der Waals surface area contributed by atoms with Gasteiger partial charge in [-0.2, -0.15) is 0 Å². The molecule has 0 aliphatic heterocycles. The molecule has 5 heteroatoms. The minimum atomic E-state index is -0.827. The van der Waals surface area contributed by atoms with Crippen molar-refractivity contribution < 1.29 is 19.4 Å². The summed E-state index contributed by atoms with van der Waals surface area (Å²) in [5.41, 5.74) is -1.07. The monoisotopic (exact) mass is 233 g/mol. The van der Waals surface area contributed by atoms with Gasteiger partial charge in [-0.1, -0.05) is 0 Å². The van der Waals surface area contributed by atoms with E-state index in [1.54, 1.807) is 20.9 Å². The van der Waals surface area contributed by atoms with E-state index >= 15 is 0 Å². The van der Waals surface area contributed by atoms with Gasteiger partial charge in [-0.25, -0.2) is 0 Å². The number of hydrogen-bond donors (Lipinski definition) is 2. The summed E-state index contributed by atoms with van der Waals surface area (Å²) in [4.78, 5) is 19.7. The average molecular weight is 233 g/mol. The first kappa shape index (κ1) is 17.3. The summed E-state index contributed by atoms with van der Waals surface area (Å²) in [6.45, 7) is 9.27. The minimum Gasteiger partial charge on any atom is -0.481 e. The summed E-state index contributed by atoms with van der Waals surface area (Å²) >= 11 is 0. The summed E-state index contributed by atoms with van der Waals surface area (Å²) in [6.07, 6.45) is 0.625. The maximum atomic E-state index is 10.7. The molecule has 0 saturated carbocycles. The van der Waals surface area contributed by atoms with Crippen molar-refractivity contribution in [3.63, 3.8) is 0 Å². The predicted octanol–water partition coefficient (Wildman–Crippen LogP) is 1.27. The Bertz CT molecular complexity index is 219. The quantitative estimate of drug-likeness (QED) is 0.717. The van der Waals surface area contributed by atoms with Gasteiger partial charge in [0, 0.05) is 7.05 Å². The molecule has 0 aromatic heterocycles. The lowest BCUT2D eigenvalue weighted by Gasteiger charge is -2.26. The van der Waals surface area contributed by atoms with Gasteiger partial charge in [-0.3, -0.25) is 9.59 Å². The fourth-order valence-electron chi connectivity index (χ4n) is 0.459. The molecule has 0 aromatic carbocycles. The topological polar surface area (TPSA) is 75.6 Å². The average Bonchev–Trinajstić information content (AvgIpc) is 2.14. The van der Waals surface area contributed by atoms with Crippen LogP contribution in [0.5, 0.6) is 0 Å². The molecule has 2 N–H and O–H groups in total. The predicted molar refractivity (Wildman–Crippen MR) is 62.2 cm³/mol. The van der Waals surface area contributed by atoms with Gasteiger partial charge in [-0.05, 0) is 34.6 Å². The molecule has 0 atom stereocenters. The number of carboxylic acids is 1. The SMILES string of the molecule is CC(C)(C)OCC(C)(C)C(=O)O.CNC=O. The highest BCUT2D eigenvalue weighted by Gasteiger charge is 2.29. The molecule has 0 fully saturated rings. The van der Waals surface area contributed by atoms with Crippen molar-refractivity contribution in [3.05, 3.63) is 0 Å². The number of amides is 1. The summed E-state index contributed by atoms with van der Waals surface area (Å²) in [6, 6.07) is 0. The third-order valence-electron chi connectivity index (χ3n) is 1.56. The van der Waals surface area contributed by atoms with Crippen molar-refractivity contribution in [3.8, 4) is 0 Å². The minimum absolute atomic E-state index is 0.242. The number of carboxylic acid groups (broad SMARTS) is 1. The van der Waals surface area contributed by atoms with Crippen LogP contribution in [0.2, 0.25) is 0 Å². The van der Waals surface area contributed by atoms with E-state index in [1.165, 1.54) is 0 Å². The smallest absolute Gasteiger partial charge is 0.311 e. The Morgan fingerprint density at radius 2 is 1.69 bits per heavy atom. The van der Waals surface area contributed by atoms with Crippen LogP contribution >= 0.6 is 0 Å². The highest BCUT2D eigenvalue weighted by atomic mass is 16.5. The first-order valence-corrected chi connectivity index (χ1v) is 5.05. The van der Waals surface area contributed by atoms with E-state index < -0.39 is 11.4 Å². The summed E-state index contributed by atoms with van der Waals surface area (Å²) in [5, 5.41) is 11.0. The zero-order valence-electron chi connectivity index (χ0n) is 11.0. The highest BCUT2D eigenvalue weighted by molar-refractivity contribution is 5.73. The standard InChI is InChI=1S/C9H18O3.C2H5NO/c1-8(2,3)12-6-9(4,5)7(10)11;1-3-2-4/h6H2,1-5H3,(H,10,11);2H,1H3,(H,3,4). The van der Waals surface area contributed by atoms with Crippen LogP contribution in [0.25, 0.3) is 0 Å². The van der Waals surface area contributed by atoms with E-state index in [0.717, 1.165) is 0 Å². The molecular formula is C11H23NO4. The van der Waals surface area contributed by atoms with Crippen LogP contribution in [-0.2, 0) is 14.3 Å².